The Morgan fingerprint density at radius 2 is 1.88 bits per heavy atom. The van der Waals surface area contributed by atoms with Crippen LogP contribution in [0.15, 0.2) is 36.7 Å². The van der Waals surface area contributed by atoms with Gasteiger partial charge in [0.2, 0.25) is 0 Å². The molecule has 2 rings (SSSR count). The average molecular weight is 372 g/mol. The largest absolute Gasteiger partial charge is 0.382 e. The van der Waals surface area contributed by atoms with Crippen LogP contribution in [0.25, 0.3) is 17.6 Å². The predicted octanol–water partition coefficient (Wildman–Crippen LogP) is 4.92. The summed E-state index contributed by atoms with van der Waals surface area (Å²) in [6, 6.07) is 7.27. The standard InChI is InChI=1S/C11H8ClN3O.C4H10O.C2H6.CH3F/c12-10-4-1-3-9(7-10)11-13-8-15(14-11)5-2-6-16;1-4(2)5-3;2*1-2/h1-8H;4H,1-3H3;1-2H3;1H3/b5-2-;;;. The average Bonchev–Trinajstić information content (AvgIpc) is 3.13. The van der Waals surface area contributed by atoms with Crippen LogP contribution in [0.2, 0.25) is 5.02 Å². The molecule has 0 aliphatic carbocycles. The molecule has 0 bridgehead atoms. The number of aromatic nitrogens is 3. The SMILES string of the molecule is CC.CF.COC(C)C.O=C/C=C\n1cnc(-c2cccc(Cl)c2)n1. The molecule has 0 radical (unpaired) electrons. The zero-order chi connectivity index (χ0) is 19.7. The Kier molecular flexibility index (Phi) is 16.9. The van der Waals surface area contributed by atoms with Crippen molar-refractivity contribution in [1.29, 1.82) is 0 Å². The fourth-order valence-electron chi connectivity index (χ4n) is 1.23. The molecular weight excluding hydrogens is 345 g/mol. The first-order valence-corrected chi connectivity index (χ1v) is 8.14. The minimum Gasteiger partial charge on any atom is -0.382 e. The van der Waals surface area contributed by atoms with Crippen LogP contribution in [0.5, 0.6) is 0 Å². The first-order chi connectivity index (χ1) is 12.1. The molecule has 0 atom stereocenters. The van der Waals surface area contributed by atoms with E-state index in [2.05, 4.69) is 10.1 Å². The van der Waals surface area contributed by atoms with Crippen LogP contribution < -0.4 is 0 Å². The Hall–Kier alpha value is -2.05. The number of benzene rings is 1. The highest BCUT2D eigenvalue weighted by Crippen LogP contribution is 2.18. The fourth-order valence-corrected chi connectivity index (χ4v) is 1.42. The van der Waals surface area contributed by atoms with Crippen molar-refractivity contribution in [2.75, 3.05) is 14.3 Å². The molecule has 140 valence electrons. The van der Waals surface area contributed by atoms with Crippen molar-refractivity contribution in [3.05, 3.63) is 41.7 Å². The van der Waals surface area contributed by atoms with Gasteiger partial charge in [0.25, 0.3) is 0 Å². The van der Waals surface area contributed by atoms with Crippen molar-refractivity contribution >= 4 is 24.1 Å². The van der Waals surface area contributed by atoms with E-state index in [9.17, 15) is 9.18 Å². The summed E-state index contributed by atoms with van der Waals surface area (Å²) in [7, 11) is 2.20. The molecule has 0 aliphatic heterocycles. The van der Waals surface area contributed by atoms with E-state index in [1.165, 1.54) is 23.3 Å². The van der Waals surface area contributed by atoms with Crippen LogP contribution in [-0.4, -0.2) is 41.4 Å². The zero-order valence-corrected chi connectivity index (χ0v) is 16.4. The summed E-state index contributed by atoms with van der Waals surface area (Å²) >= 11 is 5.86. The van der Waals surface area contributed by atoms with Crippen molar-refractivity contribution in [3.8, 4) is 11.4 Å². The summed E-state index contributed by atoms with van der Waals surface area (Å²) in [4.78, 5) is 14.2. The normalized spacial score (nSPS) is 9.32. The second-order valence-corrected chi connectivity index (χ2v) is 4.76. The molecule has 0 spiro atoms. The van der Waals surface area contributed by atoms with Gasteiger partial charge in [0.05, 0.1) is 13.3 Å². The highest BCUT2D eigenvalue weighted by Gasteiger charge is 2.02. The zero-order valence-electron chi connectivity index (χ0n) is 15.6. The highest BCUT2D eigenvalue weighted by molar-refractivity contribution is 6.30. The minimum absolute atomic E-state index is 0.384. The summed E-state index contributed by atoms with van der Waals surface area (Å²) in [5.41, 5.74) is 0.839. The van der Waals surface area contributed by atoms with E-state index in [1.807, 2.05) is 39.8 Å². The minimum atomic E-state index is 0.384. The number of halogens is 2. The summed E-state index contributed by atoms with van der Waals surface area (Å²) in [5, 5.41) is 4.80. The van der Waals surface area contributed by atoms with Gasteiger partial charge in [0.15, 0.2) is 5.82 Å². The van der Waals surface area contributed by atoms with E-state index >= 15 is 0 Å². The quantitative estimate of drug-likeness (QED) is 0.565. The number of alkyl halides is 1. The number of rotatable bonds is 4. The summed E-state index contributed by atoms with van der Waals surface area (Å²) < 4.78 is 15.7. The van der Waals surface area contributed by atoms with Crippen molar-refractivity contribution in [1.82, 2.24) is 14.8 Å². The maximum absolute atomic E-state index is 10.1. The Morgan fingerprint density at radius 1 is 1.28 bits per heavy atom. The third kappa shape index (κ3) is 12.0. The number of carbonyl (C=O) groups is 1. The molecule has 0 unspecified atom stereocenters. The van der Waals surface area contributed by atoms with Gasteiger partial charge in [0, 0.05) is 23.9 Å². The molecule has 0 amide bonds. The maximum atomic E-state index is 10.1. The molecule has 1 aromatic heterocycles. The predicted molar refractivity (Wildman–Crippen MR) is 102 cm³/mol. The topological polar surface area (TPSA) is 57.0 Å². The number of hydrogen-bond donors (Lipinski definition) is 0. The van der Waals surface area contributed by atoms with E-state index in [1.54, 1.807) is 19.2 Å². The van der Waals surface area contributed by atoms with E-state index in [-0.39, 0.29) is 0 Å². The van der Waals surface area contributed by atoms with Gasteiger partial charge < -0.3 is 4.74 Å². The first-order valence-electron chi connectivity index (χ1n) is 7.76. The van der Waals surface area contributed by atoms with Crippen LogP contribution in [0.1, 0.15) is 27.7 Å². The maximum Gasteiger partial charge on any atom is 0.181 e. The molecule has 0 saturated carbocycles. The van der Waals surface area contributed by atoms with Crippen molar-refractivity contribution < 1.29 is 13.9 Å². The van der Waals surface area contributed by atoms with E-state index in [4.69, 9.17) is 16.3 Å². The lowest BCUT2D eigenvalue weighted by Gasteiger charge is -1.94. The Bertz CT molecular complexity index is 602. The molecule has 0 aliphatic rings. The molecule has 7 heteroatoms. The molecule has 0 N–H and O–H groups in total. The van der Waals surface area contributed by atoms with Gasteiger partial charge in [-0.2, -0.15) is 0 Å². The Labute approximate surface area is 154 Å². The van der Waals surface area contributed by atoms with Crippen molar-refractivity contribution in [2.45, 2.75) is 33.8 Å². The van der Waals surface area contributed by atoms with Crippen molar-refractivity contribution in [2.24, 2.45) is 0 Å². The Balaban J connectivity index is 0. The second-order valence-electron chi connectivity index (χ2n) is 4.32. The molecular formula is C18H27ClFN3O2. The third-order valence-electron chi connectivity index (χ3n) is 2.38. The summed E-state index contributed by atoms with van der Waals surface area (Å²) in [6.45, 7) is 8.00. The molecule has 1 heterocycles. The van der Waals surface area contributed by atoms with Crippen LogP contribution in [0.4, 0.5) is 4.39 Å². The number of ether oxygens (including phenoxy) is 1. The van der Waals surface area contributed by atoms with E-state index < -0.39 is 0 Å². The third-order valence-corrected chi connectivity index (χ3v) is 2.62. The smallest absolute Gasteiger partial charge is 0.181 e. The number of allylic oxidation sites excluding steroid dienone is 1. The molecule has 5 nitrogen and oxygen atoms in total. The monoisotopic (exact) mass is 371 g/mol. The molecule has 0 fully saturated rings. The molecule has 2 aromatic rings. The summed E-state index contributed by atoms with van der Waals surface area (Å²) in [6.07, 6.45) is 5.46. The number of hydrogen-bond acceptors (Lipinski definition) is 4. The second kappa shape index (κ2) is 16.8. The lowest BCUT2D eigenvalue weighted by molar-refractivity contribution is -0.104. The fraction of sp³-hybridized carbons (Fsp3) is 0.389. The van der Waals surface area contributed by atoms with Gasteiger partial charge in [-0.05, 0) is 32.1 Å². The van der Waals surface area contributed by atoms with Crippen LogP contribution >= 0.6 is 11.6 Å². The number of nitrogens with zero attached hydrogens (tertiary/aromatic N) is 3. The van der Waals surface area contributed by atoms with Crippen LogP contribution in [0, 0.1) is 0 Å². The van der Waals surface area contributed by atoms with E-state index in [0.717, 1.165) is 5.56 Å². The number of aldehydes is 1. The van der Waals surface area contributed by atoms with E-state index in [0.29, 0.717) is 30.4 Å². The van der Waals surface area contributed by atoms with Gasteiger partial charge in [-0.3, -0.25) is 9.18 Å². The van der Waals surface area contributed by atoms with Gasteiger partial charge in [0.1, 0.15) is 12.6 Å². The Morgan fingerprint density at radius 3 is 2.36 bits per heavy atom. The highest BCUT2D eigenvalue weighted by atomic mass is 35.5. The van der Waals surface area contributed by atoms with Crippen LogP contribution in [0.3, 0.4) is 0 Å². The van der Waals surface area contributed by atoms with Crippen molar-refractivity contribution in [3.63, 3.8) is 0 Å². The lowest BCUT2D eigenvalue weighted by Crippen LogP contribution is -1.94. The lowest BCUT2D eigenvalue weighted by atomic mass is 10.2. The van der Waals surface area contributed by atoms with Gasteiger partial charge in [-0.15, -0.1) is 5.10 Å². The number of carbonyl (C=O) groups excluding carboxylic acids is 1. The molecule has 1 aromatic carbocycles. The van der Waals surface area contributed by atoms with Gasteiger partial charge in [-0.1, -0.05) is 37.6 Å². The summed E-state index contributed by atoms with van der Waals surface area (Å²) in [5.74, 6) is 0.568. The van der Waals surface area contributed by atoms with Crippen LogP contribution in [-0.2, 0) is 9.53 Å². The first kappa shape index (κ1) is 25.2. The number of methoxy groups -OCH3 is 1. The van der Waals surface area contributed by atoms with Gasteiger partial charge in [-0.25, -0.2) is 9.67 Å². The molecule has 0 saturated heterocycles. The van der Waals surface area contributed by atoms with Gasteiger partial charge >= 0.3 is 0 Å². The molecule has 25 heavy (non-hydrogen) atoms.